The molecule has 0 aromatic carbocycles. The molecular formula is C19H21N3O3S2. The molecule has 0 bridgehead atoms. The summed E-state index contributed by atoms with van der Waals surface area (Å²) in [7, 11) is 0. The Morgan fingerprint density at radius 2 is 2.26 bits per heavy atom. The van der Waals surface area contributed by atoms with Gasteiger partial charge in [0.05, 0.1) is 11.7 Å². The molecule has 3 aromatic rings. The van der Waals surface area contributed by atoms with E-state index in [2.05, 4.69) is 10.3 Å². The van der Waals surface area contributed by atoms with Crippen LogP contribution in [0.4, 0.5) is 0 Å². The Morgan fingerprint density at radius 1 is 1.37 bits per heavy atom. The normalized spacial score (nSPS) is 13.9. The van der Waals surface area contributed by atoms with Gasteiger partial charge >= 0.3 is 0 Å². The average molecular weight is 404 g/mol. The summed E-state index contributed by atoms with van der Waals surface area (Å²) in [6.45, 7) is 2.02. The zero-order chi connectivity index (χ0) is 18.6. The van der Waals surface area contributed by atoms with Crippen molar-refractivity contribution in [3.8, 4) is 10.4 Å². The fraction of sp³-hybridized carbons (Fsp3) is 0.421. The summed E-state index contributed by atoms with van der Waals surface area (Å²) in [5, 5.41) is 7.37. The largest absolute Gasteiger partial charge is 0.381 e. The van der Waals surface area contributed by atoms with Gasteiger partial charge in [0.1, 0.15) is 11.4 Å². The average Bonchev–Trinajstić information content (AvgIpc) is 3.15. The molecule has 4 rings (SSSR count). The number of hydrogen-bond acceptors (Lipinski definition) is 6. The minimum atomic E-state index is -0.187. The summed E-state index contributed by atoms with van der Waals surface area (Å²) in [5.41, 5.74) is 0.720. The second kappa shape index (κ2) is 8.33. The predicted molar refractivity (Wildman–Crippen MR) is 108 cm³/mol. The van der Waals surface area contributed by atoms with Crippen molar-refractivity contribution in [3.63, 3.8) is 0 Å². The van der Waals surface area contributed by atoms with Gasteiger partial charge in [-0.05, 0) is 36.6 Å². The lowest BCUT2D eigenvalue weighted by molar-refractivity contribution is -0.121. The summed E-state index contributed by atoms with van der Waals surface area (Å²) in [6, 6.07) is 3.95. The third-order valence-corrected chi connectivity index (χ3v) is 6.29. The number of carbonyl (C=O) groups excluding carboxylic acids is 1. The summed E-state index contributed by atoms with van der Waals surface area (Å²) in [6.07, 6.45) is 4.79. The number of ether oxygens (including phenoxy) is 1. The molecule has 142 valence electrons. The van der Waals surface area contributed by atoms with Crippen LogP contribution in [0.15, 0.2) is 34.0 Å². The van der Waals surface area contributed by atoms with E-state index < -0.39 is 0 Å². The Labute approximate surface area is 164 Å². The van der Waals surface area contributed by atoms with E-state index in [9.17, 15) is 9.59 Å². The topological polar surface area (TPSA) is 73.2 Å². The standard InChI is InChI=1S/C19H21N3O3S2/c23-16(20-6-2-7-25-10-13-4-5-13)9-22-12-21-18-17(19(22)24)14(11-27-18)15-3-1-8-26-15/h1,3,8,11-13H,2,4-7,9-10H2,(H,20,23). The maximum absolute atomic E-state index is 12.9. The van der Waals surface area contributed by atoms with Crippen LogP contribution in [0, 0.1) is 5.92 Å². The van der Waals surface area contributed by atoms with Crippen molar-refractivity contribution in [2.75, 3.05) is 19.8 Å². The second-order valence-electron chi connectivity index (χ2n) is 6.71. The highest BCUT2D eigenvalue weighted by molar-refractivity contribution is 7.18. The van der Waals surface area contributed by atoms with Gasteiger partial charge in [0.15, 0.2) is 0 Å². The Kier molecular flexibility index (Phi) is 5.66. The second-order valence-corrected chi connectivity index (χ2v) is 8.51. The summed E-state index contributed by atoms with van der Waals surface area (Å²) >= 11 is 3.04. The molecule has 0 spiro atoms. The van der Waals surface area contributed by atoms with E-state index in [0.717, 1.165) is 29.4 Å². The highest BCUT2D eigenvalue weighted by atomic mass is 32.1. The molecule has 3 aromatic heterocycles. The van der Waals surface area contributed by atoms with Crippen molar-refractivity contribution in [1.29, 1.82) is 0 Å². The number of amides is 1. The number of carbonyl (C=O) groups is 1. The van der Waals surface area contributed by atoms with Crippen molar-refractivity contribution < 1.29 is 9.53 Å². The van der Waals surface area contributed by atoms with Crippen LogP contribution in [0.25, 0.3) is 20.7 Å². The molecule has 1 amide bonds. The Balaban J connectivity index is 1.36. The number of fused-ring (bicyclic) bond motifs is 1. The van der Waals surface area contributed by atoms with Crippen LogP contribution in [0.2, 0.25) is 0 Å². The number of nitrogens with zero attached hydrogens (tertiary/aromatic N) is 2. The van der Waals surface area contributed by atoms with Gasteiger partial charge in [-0.3, -0.25) is 14.2 Å². The predicted octanol–water partition coefficient (Wildman–Crippen LogP) is 3.12. The number of aromatic nitrogens is 2. The van der Waals surface area contributed by atoms with Crippen molar-refractivity contribution in [2.24, 2.45) is 5.92 Å². The third-order valence-electron chi connectivity index (χ3n) is 4.50. The summed E-state index contributed by atoms with van der Waals surface area (Å²) < 4.78 is 6.93. The van der Waals surface area contributed by atoms with E-state index in [1.807, 2.05) is 22.9 Å². The first-order valence-corrected chi connectivity index (χ1v) is 10.8. The maximum atomic E-state index is 12.9. The molecular weight excluding hydrogens is 382 g/mol. The fourth-order valence-corrected chi connectivity index (χ4v) is 4.56. The molecule has 0 atom stereocenters. The van der Waals surface area contributed by atoms with Gasteiger partial charge in [0.25, 0.3) is 5.56 Å². The zero-order valence-corrected chi connectivity index (χ0v) is 16.5. The van der Waals surface area contributed by atoms with E-state index in [1.54, 1.807) is 11.3 Å². The van der Waals surface area contributed by atoms with E-state index in [4.69, 9.17) is 4.74 Å². The van der Waals surface area contributed by atoms with Crippen LogP contribution in [0.1, 0.15) is 19.3 Å². The van der Waals surface area contributed by atoms with E-state index in [0.29, 0.717) is 23.4 Å². The highest BCUT2D eigenvalue weighted by Gasteiger charge is 2.20. The van der Waals surface area contributed by atoms with Gasteiger partial charge in [-0.15, -0.1) is 22.7 Å². The molecule has 1 fully saturated rings. The van der Waals surface area contributed by atoms with Crippen LogP contribution in [-0.2, 0) is 16.1 Å². The minimum Gasteiger partial charge on any atom is -0.381 e. The lowest BCUT2D eigenvalue weighted by atomic mass is 10.2. The van der Waals surface area contributed by atoms with Gasteiger partial charge in [0.2, 0.25) is 5.91 Å². The molecule has 1 aliphatic carbocycles. The number of nitrogens with one attached hydrogen (secondary N) is 1. The van der Waals surface area contributed by atoms with Gasteiger partial charge < -0.3 is 10.1 Å². The lowest BCUT2D eigenvalue weighted by Crippen LogP contribution is -2.33. The molecule has 27 heavy (non-hydrogen) atoms. The SMILES string of the molecule is O=C(Cn1cnc2scc(-c3cccs3)c2c1=O)NCCCOCC1CC1. The molecule has 0 unspecified atom stereocenters. The fourth-order valence-electron chi connectivity index (χ4n) is 2.84. The molecule has 1 N–H and O–H groups in total. The number of thiophene rings is 2. The molecule has 8 heteroatoms. The van der Waals surface area contributed by atoms with E-state index in [-0.39, 0.29) is 18.0 Å². The van der Waals surface area contributed by atoms with Crippen molar-refractivity contribution in [2.45, 2.75) is 25.8 Å². The molecule has 3 heterocycles. The Bertz CT molecular complexity index is 974. The molecule has 0 saturated heterocycles. The summed E-state index contributed by atoms with van der Waals surface area (Å²) in [5.74, 6) is 0.568. The molecule has 0 radical (unpaired) electrons. The van der Waals surface area contributed by atoms with Gasteiger partial charge in [-0.1, -0.05) is 6.07 Å². The third kappa shape index (κ3) is 4.45. The Hall–Kier alpha value is -2.03. The first kappa shape index (κ1) is 18.3. The highest BCUT2D eigenvalue weighted by Crippen LogP contribution is 2.33. The van der Waals surface area contributed by atoms with Crippen molar-refractivity contribution in [3.05, 3.63) is 39.6 Å². The monoisotopic (exact) mass is 403 g/mol. The van der Waals surface area contributed by atoms with Crippen molar-refractivity contribution in [1.82, 2.24) is 14.9 Å². The maximum Gasteiger partial charge on any atom is 0.263 e. The van der Waals surface area contributed by atoms with Crippen LogP contribution in [0.5, 0.6) is 0 Å². The molecule has 6 nitrogen and oxygen atoms in total. The van der Waals surface area contributed by atoms with E-state index >= 15 is 0 Å². The smallest absolute Gasteiger partial charge is 0.263 e. The van der Waals surface area contributed by atoms with Gasteiger partial charge in [0, 0.05) is 35.6 Å². The van der Waals surface area contributed by atoms with Gasteiger partial charge in [-0.25, -0.2) is 4.98 Å². The van der Waals surface area contributed by atoms with Crippen molar-refractivity contribution >= 4 is 38.8 Å². The van der Waals surface area contributed by atoms with Crippen LogP contribution in [-0.4, -0.2) is 35.2 Å². The van der Waals surface area contributed by atoms with E-state index in [1.165, 1.54) is 35.1 Å². The molecule has 1 aliphatic rings. The minimum absolute atomic E-state index is 0.0234. The molecule has 1 saturated carbocycles. The summed E-state index contributed by atoms with van der Waals surface area (Å²) in [4.78, 5) is 31.1. The molecule has 0 aliphatic heterocycles. The quantitative estimate of drug-likeness (QED) is 0.557. The number of hydrogen-bond donors (Lipinski definition) is 1. The van der Waals surface area contributed by atoms with Crippen LogP contribution < -0.4 is 10.9 Å². The van der Waals surface area contributed by atoms with Gasteiger partial charge in [-0.2, -0.15) is 0 Å². The van der Waals surface area contributed by atoms with Crippen LogP contribution >= 0.6 is 22.7 Å². The number of rotatable bonds is 9. The lowest BCUT2D eigenvalue weighted by Gasteiger charge is -2.08. The van der Waals surface area contributed by atoms with Crippen LogP contribution in [0.3, 0.4) is 0 Å². The first-order valence-electron chi connectivity index (χ1n) is 9.07. The first-order chi connectivity index (χ1) is 13.2. The Morgan fingerprint density at radius 3 is 3.04 bits per heavy atom. The zero-order valence-electron chi connectivity index (χ0n) is 14.8.